The summed E-state index contributed by atoms with van der Waals surface area (Å²) in [7, 11) is 0. The van der Waals surface area contributed by atoms with Crippen molar-refractivity contribution in [2.75, 3.05) is 17.6 Å². The molecule has 0 aliphatic carbocycles. The highest BCUT2D eigenvalue weighted by molar-refractivity contribution is 7.98. The summed E-state index contributed by atoms with van der Waals surface area (Å²) >= 11 is 1.81. The van der Waals surface area contributed by atoms with Gasteiger partial charge in [0.25, 0.3) is 0 Å². The minimum atomic E-state index is -0.152. The highest BCUT2D eigenvalue weighted by atomic mass is 32.2. The molecule has 21 heavy (non-hydrogen) atoms. The van der Waals surface area contributed by atoms with Gasteiger partial charge < -0.3 is 10.6 Å². The van der Waals surface area contributed by atoms with Gasteiger partial charge in [0, 0.05) is 23.7 Å². The fourth-order valence-electron chi connectivity index (χ4n) is 1.90. The van der Waals surface area contributed by atoms with Crippen LogP contribution < -0.4 is 10.6 Å². The third kappa shape index (κ3) is 5.92. The van der Waals surface area contributed by atoms with Crippen LogP contribution in [-0.2, 0) is 5.75 Å². The second-order valence-electron chi connectivity index (χ2n) is 4.79. The molecular formula is C17H20N2OS. The third-order valence-corrected chi connectivity index (χ3v) is 3.95. The van der Waals surface area contributed by atoms with Crippen molar-refractivity contribution >= 4 is 23.5 Å². The lowest BCUT2D eigenvalue weighted by Crippen LogP contribution is -2.30. The number of nitrogens with one attached hydrogen (secondary N) is 2. The molecule has 0 atom stereocenters. The Morgan fingerprint density at radius 1 is 1.10 bits per heavy atom. The predicted octanol–water partition coefficient (Wildman–Crippen LogP) is 4.05. The van der Waals surface area contributed by atoms with Gasteiger partial charge in [0.15, 0.2) is 0 Å². The van der Waals surface area contributed by atoms with Gasteiger partial charge in [-0.1, -0.05) is 42.5 Å². The van der Waals surface area contributed by atoms with Crippen LogP contribution in [0.25, 0.3) is 0 Å². The van der Waals surface area contributed by atoms with Gasteiger partial charge in [0.1, 0.15) is 0 Å². The Hall–Kier alpha value is -1.94. The maximum absolute atomic E-state index is 11.7. The average Bonchev–Trinajstić information content (AvgIpc) is 2.48. The smallest absolute Gasteiger partial charge is 0.319 e. The molecule has 2 amide bonds. The minimum Gasteiger partial charge on any atom is -0.337 e. The molecular weight excluding hydrogens is 280 g/mol. The molecule has 0 bridgehead atoms. The van der Waals surface area contributed by atoms with Gasteiger partial charge in [-0.05, 0) is 30.2 Å². The number of carbonyl (C=O) groups excluding carboxylic acids is 1. The number of anilines is 1. The van der Waals surface area contributed by atoms with Crippen LogP contribution in [0.2, 0.25) is 0 Å². The monoisotopic (exact) mass is 300 g/mol. The molecule has 0 saturated heterocycles. The van der Waals surface area contributed by atoms with Crippen molar-refractivity contribution in [3.8, 4) is 0 Å². The summed E-state index contributed by atoms with van der Waals surface area (Å²) in [5.74, 6) is 1.87. The molecule has 0 aliphatic rings. The van der Waals surface area contributed by atoms with Crippen molar-refractivity contribution in [3.63, 3.8) is 0 Å². The molecule has 2 rings (SSSR count). The molecule has 0 heterocycles. The van der Waals surface area contributed by atoms with E-state index in [9.17, 15) is 4.79 Å². The molecule has 2 aromatic carbocycles. The number of benzene rings is 2. The van der Waals surface area contributed by atoms with E-state index >= 15 is 0 Å². The lowest BCUT2D eigenvalue weighted by molar-refractivity contribution is 0.252. The molecule has 0 radical (unpaired) electrons. The Balaban J connectivity index is 1.61. The number of thioether (sulfide) groups is 1. The van der Waals surface area contributed by atoms with Crippen LogP contribution in [-0.4, -0.2) is 18.3 Å². The number of aryl methyl sites for hydroxylation is 1. The normalized spacial score (nSPS) is 10.1. The molecule has 4 heteroatoms. The van der Waals surface area contributed by atoms with E-state index in [1.807, 2.05) is 61.2 Å². The second kappa shape index (κ2) is 8.37. The number of hydrogen-bond acceptors (Lipinski definition) is 2. The van der Waals surface area contributed by atoms with Crippen molar-refractivity contribution in [1.29, 1.82) is 0 Å². The first-order chi connectivity index (χ1) is 10.2. The van der Waals surface area contributed by atoms with Gasteiger partial charge in [-0.3, -0.25) is 0 Å². The average molecular weight is 300 g/mol. The number of hydrogen-bond donors (Lipinski definition) is 2. The molecule has 0 aliphatic heterocycles. The van der Waals surface area contributed by atoms with Gasteiger partial charge >= 0.3 is 6.03 Å². The van der Waals surface area contributed by atoms with E-state index < -0.39 is 0 Å². The highest BCUT2D eigenvalue weighted by Crippen LogP contribution is 2.11. The fourth-order valence-corrected chi connectivity index (χ4v) is 2.72. The molecule has 110 valence electrons. The summed E-state index contributed by atoms with van der Waals surface area (Å²) in [5.41, 5.74) is 3.27. The first-order valence-electron chi connectivity index (χ1n) is 6.97. The van der Waals surface area contributed by atoms with Gasteiger partial charge in [-0.15, -0.1) is 0 Å². The molecule has 3 nitrogen and oxygen atoms in total. The van der Waals surface area contributed by atoms with E-state index in [0.29, 0.717) is 6.54 Å². The zero-order valence-corrected chi connectivity index (χ0v) is 13.0. The van der Waals surface area contributed by atoms with Gasteiger partial charge in [-0.25, -0.2) is 4.79 Å². The van der Waals surface area contributed by atoms with Crippen LogP contribution in [0.4, 0.5) is 10.5 Å². The summed E-state index contributed by atoms with van der Waals surface area (Å²) in [6, 6.07) is 18.0. The zero-order valence-electron chi connectivity index (χ0n) is 12.1. The highest BCUT2D eigenvalue weighted by Gasteiger charge is 2.01. The van der Waals surface area contributed by atoms with Crippen molar-refractivity contribution in [2.24, 2.45) is 0 Å². The molecule has 0 unspecified atom stereocenters. The minimum absolute atomic E-state index is 0.152. The molecule has 0 aromatic heterocycles. The number of rotatable bonds is 6. The second-order valence-corrected chi connectivity index (χ2v) is 5.89. The van der Waals surface area contributed by atoms with Crippen LogP contribution in [0.15, 0.2) is 54.6 Å². The number of carbonyl (C=O) groups is 1. The lowest BCUT2D eigenvalue weighted by Gasteiger charge is -2.08. The molecule has 2 N–H and O–H groups in total. The number of urea groups is 1. The summed E-state index contributed by atoms with van der Waals surface area (Å²) in [6.45, 7) is 2.67. The van der Waals surface area contributed by atoms with E-state index in [1.54, 1.807) is 0 Å². The SMILES string of the molecule is Cc1cccc(NC(=O)NCCSCc2ccccc2)c1. The standard InChI is InChI=1S/C17H20N2OS/c1-14-6-5-9-16(12-14)19-17(20)18-10-11-21-13-15-7-3-2-4-8-15/h2-9,12H,10-11,13H2,1H3,(H2,18,19,20). The van der Waals surface area contributed by atoms with Gasteiger partial charge in [0.2, 0.25) is 0 Å². The van der Waals surface area contributed by atoms with Gasteiger partial charge in [0.05, 0.1) is 0 Å². The summed E-state index contributed by atoms with van der Waals surface area (Å²) < 4.78 is 0. The topological polar surface area (TPSA) is 41.1 Å². The Bertz CT molecular complexity index is 572. The Morgan fingerprint density at radius 2 is 1.90 bits per heavy atom. The van der Waals surface area contributed by atoms with E-state index in [-0.39, 0.29) is 6.03 Å². The van der Waals surface area contributed by atoms with Crippen LogP contribution in [0.1, 0.15) is 11.1 Å². The summed E-state index contributed by atoms with van der Waals surface area (Å²) in [4.78, 5) is 11.7. The maximum atomic E-state index is 11.7. The summed E-state index contributed by atoms with van der Waals surface area (Å²) in [5, 5.41) is 5.70. The maximum Gasteiger partial charge on any atom is 0.319 e. The first-order valence-corrected chi connectivity index (χ1v) is 8.13. The molecule has 0 fully saturated rings. The van der Waals surface area contributed by atoms with Crippen LogP contribution >= 0.6 is 11.8 Å². The quantitative estimate of drug-likeness (QED) is 0.790. The Morgan fingerprint density at radius 3 is 2.67 bits per heavy atom. The molecule has 0 saturated carbocycles. The van der Waals surface area contributed by atoms with Gasteiger partial charge in [-0.2, -0.15) is 11.8 Å². The fraction of sp³-hybridized carbons (Fsp3) is 0.235. The number of amides is 2. The molecule has 0 spiro atoms. The van der Waals surface area contributed by atoms with E-state index in [0.717, 1.165) is 22.8 Å². The van der Waals surface area contributed by atoms with Crippen LogP contribution in [0.3, 0.4) is 0 Å². The summed E-state index contributed by atoms with van der Waals surface area (Å²) in [6.07, 6.45) is 0. The van der Waals surface area contributed by atoms with Crippen LogP contribution in [0, 0.1) is 6.92 Å². The van der Waals surface area contributed by atoms with Crippen LogP contribution in [0.5, 0.6) is 0 Å². The largest absolute Gasteiger partial charge is 0.337 e. The zero-order chi connectivity index (χ0) is 14.9. The third-order valence-electron chi connectivity index (χ3n) is 2.92. The lowest BCUT2D eigenvalue weighted by atomic mass is 10.2. The van der Waals surface area contributed by atoms with Crippen molar-refractivity contribution in [3.05, 3.63) is 65.7 Å². The van der Waals surface area contributed by atoms with E-state index in [1.165, 1.54) is 5.56 Å². The first kappa shape index (κ1) is 15.4. The Labute approximate surface area is 130 Å². The predicted molar refractivity (Wildman–Crippen MR) is 90.8 cm³/mol. The van der Waals surface area contributed by atoms with E-state index in [2.05, 4.69) is 22.8 Å². The van der Waals surface area contributed by atoms with Crippen molar-refractivity contribution in [1.82, 2.24) is 5.32 Å². The van der Waals surface area contributed by atoms with E-state index in [4.69, 9.17) is 0 Å². The van der Waals surface area contributed by atoms with Crippen molar-refractivity contribution < 1.29 is 4.79 Å². The van der Waals surface area contributed by atoms with Crippen molar-refractivity contribution in [2.45, 2.75) is 12.7 Å². The molecule has 2 aromatic rings. The Kier molecular flexibility index (Phi) is 6.16.